The molecule has 0 fully saturated rings. The second-order valence-electron chi connectivity index (χ2n) is 5.04. The molecule has 2 rings (SSSR count). The smallest absolute Gasteiger partial charge is 0.262 e. The zero-order chi connectivity index (χ0) is 17.5. The third-order valence-electron chi connectivity index (χ3n) is 3.17. The van der Waals surface area contributed by atoms with Crippen LogP contribution in [0.25, 0.3) is 0 Å². The third-order valence-corrected chi connectivity index (χ3v) is 3.17. The van der Waals surface area contributed by atoms with Gasteiger partial charge in [0.15, 0.2) is 0 Å². The first-order chi connectivity index (χ1) is 11.5. The molecule has 7 heteroatoms. The van der Waals surface area contributed by atoms with Crippen LogP contribution in [-0.2, 0) is 4.79 Å². The number of hydrogen-bond acceptors (Lipinski definition) is 5. The van der Waals surface area contributed by atoms with E-state index in [9.17, 15) is 19.8 Å². The minimum Gasteiger partial charge on any atom is -0.508 e. The fourth-order valence-electron chi connectivity index (χ4n) is 1.84. The predicted octanol–water partition coefficient (Wildman–Crippen LogP) is 1.37. The molecule has 2 amide bonds. The number of benzene rings is 2. The highest BCUT2D eigenvalue weighted by molar-refractivity contribution is 5.97. The van der Waals surface area contributed by atoms with Crippen LogP contribution in [0, 0.1) is 0 Å². The van der Waals surface area contributed by atoms with Crippen molar-refractivity contribution >= 4 is 18.0 Å². The molecule has 0 radical (unpaired) electrons. The normalized spacial score (nSPS) is 11.9. The Balaban J connectivity index is 1.89. The van der Waals surface area contributed by atoms with Crippen LogP contribution in [0.2, 0.25) is 0 Å². The highest BCUT2D eigenvalue weighted by Crippen LogP contribution is 2.20. The van der Waals surface area contributed by atoms with Crippen LogP contribution in [-0.4, -0.2) is 34.3 Å². The average molecular weight is 327 g/mol. The molecule has 24 heavy (non-hydrogen) atoms. The van der Waals surface area contributed by atoms with Crippen LogP contribution in [0.4, 0.5) is 0 Å². The van der Waals surface area contributed by atoms with Gasteiger partial charge in [-0.25, -0.2) is 5.43 Å². The molecule has 0 aliphatic heterocycles. The summed E-state index contributed by atoms with van der Waals surface area (Å²) in [4.78, 5) is 23.8. The van der Waals surface area contributed by atoms with Crippen LogP contribution in [0.3, 0.4) is 0 Å². The van der Waals surface area contributed by atoms with Gasteiger partial charge in [-0.1, -0.05) is 18.2 Å². The number of hydrogen-bond donors (Lipinski definition) is 4. The molecule has 0 heterocycles. The van der Waals surface area contributed by atoms with Crippen molar-refractivity contribution in [2.75, 3.05) is 0 Å². The molecule has 0 aliphatic rings. The van der Waals surface area contributed by atoms with E-state index in [2.05, 4.69) is 15.8 Å². The van der Waals surface area contributed by atoms with Crippen molar-refractivity contribution in [3.8, 4) is 11.5 Å². The fourth-order valence-corrected chi connectivity index (χ4v) is 1.84. The molecule has 0 saturated carbocycles. The maximum atomic E-state index is 11.9. The lowest BCUT2D eigenvalue weighted by Gasteiger charge is -2.12. The van der Waals surface area contributed by atoms with Gasteiger partial charge in [0, 0.05) is 17.2 Å². The Labute approximate surface area is 138 Å². The molecule has 2 aromatic rings. The van der Waals surface area contributed by atoms with Crippen molar-refractivity contribution < 1.29 is 19.8 Å². The monoisotopic (exact) mass is 327 g/mol. The molecule has 0 saturated heterocycles. The first-order valence-corrected chi connectivity index (χ1v) is 7.18. The summed E-state index contributed by atoms with van der Waals surface area (Å²) in [5.74, 6) is -1.11. The number of phenols is 2. The van der Waals surface area contributed by atoms with Gasteiger partial charge < -0.3 is 15.5 Å². The molecule has 0 spiro atoms. The number of aromatic hydroxyl groups is 2. The first-order valence-electron chi connectivity index (χ1n) is 7.18. The Morgan fingerprint density at radius 1 is 1.12 bits per heavy atom. The zero-order valence-corrected chi connectivity index (χ0v) is 12.9. The maximum absolute atomic E-state index is 11.9. The highest BCUT2D eigenvalue weighted by atomic mass is 16.3. The Bertz CT molecular complexity index is 760. The van der Waals surface area contributed by atoms with Crippen molar-refractivity contribution in [1.29, 1.82) is 0 Å². The van der Waals surface area contributed by atoms with Gasteiger partial charge in [0.25, 0.3) is 11.8 Å². The van der Waals surface area contributed by atoms with Gasteiger partial charge >= 0.3 is 0 Å². The summed E-state index contributed by atoms with van der Waals surface area (Å²) < 4.78 is 0. The number of carbonyl (C=O) groups excluding carboxylic acids is 2. The predicted molar refractivity (Wildman–Crippen MR) is 88.9 cm³/mol. The Kier molecular flexibility index (Phi) is 5.51. The first kappa shape index (κ1) is 17.0. The van der Waals surface area contributed by atoms with Gasteiger partial charge in [0.1, 0.15) is 17.5 Å². The van der Waals surface area contributed by atoms with E-state index in [-0.39, 0.29) is 17.4 Å². The van der Waals surface area contributed by atoms with Gasteiger partial charge in [0.05, 0.1) is 6.21 Å². The number of nitrogens with one attached hydrogen (secondary N) is 2. The summed E-state index contributed by atoms with van der Waals surface area (Å²) in [6, 6.07) is 11.7. The van der Waals surface area contributed by atoms with E-state index in [4.69, 9.17) is 0 Å². The van der Waals surface area contributed by atoms with Gasteiger partial charge in [-0.2, -0.15) is 5.10 Å². The lowest BCUT2D eigenvalue weighted by molar-refractivity contribution is -0.122. The summed E-state index contributed by atoms with van der Waals surface area (Å²) in [5.41, 5.74) is 3.05. The summed E-state index contributed by atoms with van der Waals surface area (Å²) in [5, 5.41) is 25.0. The number of nitrogens with zero attached hydrogens (tertiary/aromatic N) is 1. The molecule has 0 bridgehead atoms. The van der Waals surface area contributed by atoms with E-state index < -0.39 is 11.9 Å². The number of carbonyl (C=O) groups is 2. The fraction of sp³-hybridized carbons (Fsp3) is 0.118. The molecule has 2 aromatic carbocycles. The highest BCUT2D eigenvalue weighted by Gasteiger charge is 2.15. The second kappa shape index (κ2) is 7.77. The van der Waals surface area contributed by atoms with Crippen molar-refractivity contribution in [3.05, 3.63) is 59.7 Å². The van der Waals surface area contributed by atoms with Crippen LogP contribution in [0.15, 0.2) is 53.6 Å². The largest absolute Gasteiger partial charge is 0.508 e. The minimum absolute atomic E-state index is 0.0778. The van der Waals surface area contributed by atoms with Gasteiger partial charge in [-0.15, -0.1) is 0 Å². The third kappa shape index (κ3) is 4.57. The number of amides is 2. The van der Waals surface area contributed by atoms with E-state index >= 15 is 0 Å². The Morgan fingerprint density at radius 3 is 2.50 bits per heavy atom. The van der Waals surface area contributed by atoms with Gasteiger partial charge in [0.2, 0.25) is 0 Å². The maximum Gasteiger partial charge on any atom is 0.262 e. The lowest BCUT2D eigenvalue weighted by Crippen LogP contribution is -2.43. The molecule has 124 valence electrons. The van der Waals surface area contributed by atoms with E-state index in [1.165, 1.54) is 25.3 Å². The zero-order valence-electron chi connectivity index (χ0n) is 12.9. The number of hydrazone groups is 1. The van der Waals surface area contributed by atoms with Crippen molar-refractivity contribution in [2.45, 2.75) is 13.0 Å². The van der Waals surface area contributed by atoms with Crippen LogP contribution < -0.4 is 10.7 Å². The van der Waals surface area contributed by atoms with E-state index in [1.54, 1.807) is 30.3 Å². The SMILES string of the molecule is CC(NC(=O)c1ccccc1)C(=O)N/N=C/c1ccc(O)cc1O. The van der Waals surface area contributed by atoms with Crippen LogP contribution in [0.5, 0.6) is 11.5 Å². The summed E-state index contributed by atoms with van der Waals surface area (Å²) >= 11 is 0. The quantitative estimate of drug-likeness (QED) is 0.491. The van der Waals surface area contributed by atoms with E-state index in [1.807, 2.05) is 0 Å². The standard InChI is InChI=1S/C17H17N3O4/c1-11(19-17(24)12-5-3-2-4-6-12)16(23)20-18-10-13-7-8-14(21)9-15(13)22/h2-11,21-22H,1H3,(H,19,24)(H,20,23)/b18-10+. The summed E-state index contributed by atoms with van der Waals surface area (Å²) in [7, 11) is 0. The lowest BCUT2D eigenvalue weighted by atomic mass is 10.2. The number of phenolic OH excluding ortho intramolecular Hbond substituents is 2. The topological polar surface area (TPSA) is 111 Å². The van der Waals surface area contributed by atoms with Crippen LogP contribution >= 0.6 is 0 Å². The molecule has 0 aromatic heterocycles. The van der Waals surface area contributed by atoms with Crippen molar-refractivity contribution in [2.24, 2.45) is 5.10 Å². The van der Waals surface area contributed by atoms with Gasteiger partial charge in [-0.3, -0.25) is 9.59 Å². The molecule has 0 aliphatic carbocycles. The van der Waals surface area contributed by atoms with Crippen molar-refractivity contribution in [3.63, 3.8) is 0 Å². The van der Waals surface area contributed by atoms with E-state index in [0.717, 1.165) is 6.07 Å². The Hall–Kier alpha value is -3.35. The molecule has 1 atom stereocenters. The average Bonchev–Trinajstić information content (AvgIpc) is 2.57. The molecule has 4 N–H and O–H groups in total. The molecular weight excluding hydrogens is 310 g/mol. The Morgan fingerprint density at radius 2 is 1.83 bits per heavy atom. The van der Waals surface area contributed by atoms with Gasteiger partial charge in [-0.05, 0) is 31.2 Å². The summed E-state index contributed by atoms with van der Waals surface area (Å²) in [6.07, 6.45) is 1.23. The van der Waals surface area contributed by atoms with Crippen LogP contribution in [0.1, 0.15) is 22.8 Å². The number of rotatable bonds is 5. The summed E-state index contributed by atoms with van der Waals surface area (Å²) in [6.45, 7) is 1.53. The second-order valence-corrected chi connectivity index (χ2v) is 5.04. The minimum atomic E-state index is -0.789. The van der Waals surface area contributed by atoms with E-state index in [0.29, 0.717) is 11.1 Å². The molecule has 7 nitrogen and oxygen atoms in total. The molecule has 1 unspecified atom stereocenters. The van der Waals surface area contributed by atoms with Crippen molar-refractivity contribution in [1.82, 2.24) is 10.7 Å². The molecular formula is C17H17N3O4.